The van der Waals surface area contributed by atoms with Crippen LogP contribution >= 0.6 is 0 Å². The van der Waals surface area contributed by atoms with Crippen LogP contribution in [0, 0.1) is 0 Å². The van der Waals surface area contributed by atoms with Crippen molar-refractivity contribution in [3.05, 3.63) is 0 Å². The number of rotatable bonds is 7. The van der Waals surface area contributed by atoms with Crippen molar-refractivity contribution < 1.29 is 13.0 Å². The van der Waals surface area contributed by atoms with Gasteiger partial charge in [-0.1, -0.05) is 13.3 Å². The van der Waals surface area contributed by atoms with E-state index in [1.54, 1.807) is 0 Å². The van der Waals surface area contributed by atoms with Crippen LogP contribution < -0.4 is 5.32 Å². The summed E-state index contributed by atoms with van der Waals surface area (Å²) in [4.78, 5) is 0. The molecule has 0 atom stereocenters. The molecule has 0 saturated carbocycles. The molecule has 0 aromatic carbocycles. The van der Waals surface area contributed by atoms with Gasteiger partial charge in [0, 0.05) is 0 Å². The van der Waals surface area contributed by atoms with Crippen molar-refractivity contribution in [3.8, 4) is 0 Å². The van der Waals surface area contributed by atoms with Crippen molar-refractivity contribution in [1.82, 2.24) is 5.32 Å². The molecule has 0 saturated heterocycles. The van der Waals surface area contributed by atoms with Crippen LogP contribution in [0.1, 0.15) is 26.2 Å². The molecular weight excluding hydrogens is 178 g/mol. The maximum Gasteiger partial charge on any atom is 0.264 e. The van der Waals surface area contributed by atoms with Crippen molar-refractivity contribution in [3.63, 3.8) is 0 Å². The summed E-state index contributed by atoms with van der Waals surface area (Å²) in [6, 6.07) is 0. The Labute approximate surface area is 74.1 Å². The minimum absolute atomic E-state index is 0.147. The third-order valence-corrected chi connectivity index (χ3v) is 2.27. The molecule has 0 aromatic rings. The van der Waals surface area contributed by atoms with Gasteiger partial charge in [-0.25, -0.2) is 0 Å². The Kier molecular flexibility index (Phi) is 6.32. The van der Waals surface area contributed by atoms with Crippen molar-refractivity contribution in [2.24, 2.45) is 0 Å². The molecule has 0 aliphatic carbocycles. The molecule has 4 nitrogen and oxygen atoms in total. The highest BCUT2D eigenvalue weighted by molar-refractivity contribution is 7.85. The molecule has 0 aliphatic heterocycles. The summed E-state index contributed by atoms with van der Waals surface area (Å²) in [5.74, 6) is -0.147. The van der Waals surface area contributed by atoms with Gasteiger partial charge in [-0.05, 0) is 25.9 Å². The quantitative estimate of drug-likeness (QED) is 0.462. The summed E-state index contributed by atoms with van der Waals surface area (Å²) in [5.41, 5.74) is 0. The van der Waals surface area contributed by atoms with E-state index in [1.807, 2.05) is 0 Å². The Balaban J connectivity index is 3.12. The van der Waals surface area contributed by atoms with Crippen molar-refractivity contribution in [2.75, 3.05) is 18.8 Å². The Morgan fingerprint density at radius 1 is 1.25 bits per heavy atom. The molecule has 0 bridgehead atoms. The van der Waals surface area contributed by atoms with Crippen LogP contribution in [0.5, 0.6) is 0 Å². The zero-order valence-corrected chi connectivity index (χ0v) is 8.23. The maximum absolute atomic E-state index is 10.2. The van der Waals surface area contributed by atoms with Gasteiger partial charge in [-0.2, -0.15) is 8.42 Å². The van der Waals surface area contributed by atoms with Crippen molar-refractivity contribution in [2.45, 2.75) is 26.2 Å². The van der Waals surface area contributed by atoms with Gasteiger partial charge < -0.3 is 5.32 Å². The van der Waals surface area contributed by atoms with Crippen molar-refractivity contribution >= 4 is 10.1 Å². The molecule has 2 N–H and O–H groups in total. The summed E-state index contributed by atoms with van der Waals surface area (Å²) >= 11 is 0. The molecule has 0 radical (unpaired) electrons. The third-order valence-electron chi connectivity index (χ3n) is 1.46. The lowest BCUT2D eigenvalue weighted by Crippen LogP contribution is -2.19. The lowest BCUT2D eigenvalue weighted by molar-refractivity contribution is 0.479. The normalized spacial score (nSPS) is 11.8. The van der Waals surface area contributed by atoms with Gasteiger partial charge in [-0.15, -0.1) is 0 Å². The molecule has 0 spiro atoms. The third kappa shape index (κ3) is 9.87. The second-order valence-electron chi connectivity index (χ2n) is 2.74. The summed E-state index contributed by atoms with van der Waals surface area (Å²) in [5, 5.41) is 3.08. The second-order valence-corrected chi connectivity index (χ2v) is 4.32. The van der Waals surface area contributed by atoms with E-state index in [1.165, 1.54) is 0 Å². The zero-order valence-electron chi connectivity index (χ0n) is 7.41. The highest BCUT2D eigenvalue weighted by Gasteiger charge is 2.01. The van der Waals surface area contributed by atoms with Crippen LogP contribution in [0.4, 0.5) is 0 Å². The van der Waals surface area contributed by atoms with Crippen LogP contribution in [-0.4, -0.2) is 31.8 Å². The van der Waals surface area contributed by atoms with Gasteiger partial charge >= 0.3 is 0 Å². The van der Waals surface area contributed by atoms with Crippen molar-refractivity contribution in [1.29, 1.82) is 0 Å². The lowest BCUT2D eigenvalue weighted by atomic mass is 10.3. The number of unbranched alkanes of at least 4 members (excludes halogenated alkanes) is 1. The first kappa shape index (κ1) is 11.9. The molecule has 5 heteroatoms. The van der Waals surface area contributed by atoms with Gasteiger partial charge in [0.15, 0.2) is 0 Å². The van der Waals surface area contributed by atoms with E-state index in [2.05, 4.69) is 12.2 Å². The van der Waals surface area contributed by atoms with Gasteiger partial charge in [0.2, 0.25) is 0 Å². The smallest absolute Gasteiger partial charge is 0.264 e. The van der Waals surface area contributed by atoms with E-state index in [4.69, 9.17) is 4.55 Å². The number of hydrogen-bond acceptors (Lipinski definition) is 3. The minimum Gasteiger partial charge on any atom is -0.317 e. The van der Waals surface area contributed by atoms with Crippen LogP contribution in [0.3, 0.4) is 0 Å². The summed E-state index contributed by atoms with van der Waals surface area (Å²) in [6.07, 6.45) is 2.71. The Hall–Kier alpha value is -0.130. The van der Waals surface area contributed by atoms with E-state index in [0.29, 0.717) is 13.0 Å². The first-order valence-electron chi connectivity index (χ1n) is 4.22. The van der Waals surface area contributed by atoms with Gasteiger partial charge in [0.1, 0.15) is 0 Å². The predicted octanol–water partition coefficient (Wildman–Crippen LogP) is 0.654. The van der Waals surface area contributed by atoms with E-state index in [0.717, 1.165) is 19.4 Å². The Bertz CT molecular complexity index is 189. The van der Waals surface area contributed by atoms with Crippen LogP contribution in [-0.2, 0) is 10.1 Å². The first-order chi connectivity index (χ1) is 5.56. The van der Waals surface area contributed by atoms with Crippen LogP contribution in [0.15, 0.2) is 0 Å². The fourth-order valence-electron chi connectivity index (χ4n) is 0.806. The molecule has 12 heavy (non-hydrogen) atoms. The first-order valence-corrected chi connectivity index (χ1v) is 5.83. The predicted molar refractivity (Wildman–Crippen MR) is 48.8 cm³/mol. The SMILES string of the molecule is CCCCNCCCS(=O)(=O)O. The fourth-order valence-corrected chi connectivity index (χ4v) is 1.32. The van der Waals surface area contributed by atoms with E-state index in [9.17, 15) is 8.42 Å². The van der Waals surface area contributed by atoms with Crippen LogP contribution in [0.25, 0.3) is 0 Å². The number of hydrogen-bond donors (Lipinski definition) is 2. The Morgan fingerprint density at radius 3 is 2.33 bits per heavy atom. The Morgan fingerprint density at radius 2 is 1.83 bits per heavy atom. The monoisotopic (exact) mass is 195 g/mol. The summed E-state index contributed by atoms with van der Waals surface area (Å²) < 4.78 is 28.9. The standard InChI is InChI=1S/C7H17NO3S/c1-2-3-5-8-6-4-7-12(9,10)11/h8H,2-7H2,1H3,(H,9,10,11). The van der Waals surface area contributed by atoms with Gasteiger partial charge in [-0.3, -0.25) is 4.55 Å². The zero-order chi connectivity index (χ0) is 9.45. The molecule has 0 amide bonds. The van der Waals surface area contributed by atoms with Crippen LogP contribution in [0.2, 0.25) is 0 Å². The fraction of sp³-hybridized carbons (Fsp3) is 1.00. The van der Waals surface area contributed by atoms with E-state index < -0.39 is 10.1 Å². The lowest BCUT2D eigenvalue weighted by Gasteiger charge is -2.01. The molecular formula is C7H17NO3S. The average molecular weight is 195 g/mol. The van der Waals surface area contributed by atoms with E-state index >= 15 is 0 Å². The average Bonchev–Trinajstić information content (AvgIpc) is 1.94. The maximum atomic E-state index is 10.2. The molecule has 0 aromatic heterocycles. The highest BCUT2D eigenvalue weighted by Crippen LogP contribution is 1.87. The summed E-state index contributed by atoms with van der Waals surface area (Å²) in [6.45, 7) is 3.67. The van der Waals surface area contributed by atoms with Gasteiger partial charge in [0.05, 0.1) is 5.75 Å². The van der Waals surface area contributed by atoms with Gasteiger partial charge in [0.25, 0.3) is 10.1 Å². The molecule has 0 aliphatic rings. The molecule has 0 heterocycles. The highest BCUT2D eigenvalue weighted by atomic mass is 32.2. The topological polar surface area (TPSA) is 66.4 Å². The second kappa shape index (κ2) is 6.39. The summed E-state index contributed by atoms with van der Waals surface area (Å²) in [7, 11) is -3.76. The number of nitrogens with one attached hydrogen (secondary N) is 1. The van der Waals surface area contributed by atoms with E-state index in [-0.39, 0.29) is 5.75 Å². The largest absolute Gasteiger partial charge is 0.317 e. The molecule has 0 unspecified atom stereocenters. The molecule has 0 fully saturated rings. The molecule has 0 rings (SSSR count). The minimum atomic E-state index is -3.76. The molecule has 74 valence electrons.